The van der Waals surface area contributed by atoms with Crippen LogP contribution < -0.4 is 20.5 Å². The van der Waals surface area contributed by atoms with Gasteiger partial charge in [0.2, 0.25) is 15.9 Å². The van der Waals surface area contributed by atoms with Gasteiger partial charge in [0.05, 0.1) is 5.75 Å². The third-order valence-electron chi connectivity index (χ3n) is 3.41. The maximum atomic E-state index is 12.8. The fourth-order valence-electron chi connectivity index (χ4n) is 2.11. The van der Waals surface area contributed by atoms with Gasteiger partial charge in [-0.2, -0.15) is 4.39 Å². The third-order valence-corrected chi connectivity index (χ3v) is 4.95. The smallest absolute Gasteiger partial charge is 0.278 e. The molecule has 0 aliphatic carbocycles. The van der Waals surface area contributed by atoms with Crippen LogP contribution in [0.15, 0.2) is 36.3 Å². The van der Waals surface area contributed by atoms with Crippen LogP contribution in [0.4, 0.5) is 8.78 Å². The molecule has 1 aromatic carbocycles. The molecule has 0 bridgehead atoms. The summed E-state index contributed by atoms with van der Waals surface area (Å²) in [5.41, 5.74) is 5.38. The zero-order valence-corrected chi connectivity index (χ0v) is 16.3. The van der Waals surface area contributed by atoms with Crippen molar-refractivity contribution in [2.24, 2.45) is 5.73 Å². The minimum atomic E-state index is -3.56. The lowest BCUT2D eigenvalue weighted by atomic mass is 10.1. The predicted octanol–water partition coefficient (Wildman–Crippen LogP) is 1.27. The number of nitrogens with one attached hydrogen (secondary N) is 2. The van der Waals surface area contributed by atoms with Crippen LogP contribution in [0.5, 0.6) is 5.75 Å². The van der Waals surface area contributed by atoms with Gasteiger partial charge in [-0.25, -0.2) is 17.5 Å². The Labute approximate surface area is 163 Å². The molecule has 158 valence electrons. The Hall–Kier alpha value is -2.24. The van der Waals surface area contributed by atoms with Crippen LogP contribution in [0, 0.1) is 0 Å². The molecule has 28 heavy (non-hydrogen) atoms. The summed E-state index contributed by atoms with van der Waals surface area (Å²) in [5.74, 6) is -2.04. The van der Waals surface area contributed by atoms with Crippen molar-refractivity contribution in [3.63, 3.8) is 0 Å². The molecule has 0 aliphatic heterocycles. The standard InChI is InChI=1S/C17H25F2N3O5S/c1-13(14-4-2-5-15(10-14)27-8-6-18)22-28(24,25)9-3-7-26-12-21-11-16(19)17(20)23/h2,4-5,10-11,13,21-22H,3,6-9,12H2,1H3,(H2,20,23)/b16-11+/t13-/m1/s1. The van der Waals surface area contributed by atoms with E-state index in [-0.39, 0.29) is 32.1 Å². The first-order valence-corrected chi connectivity index (χ1v) is 10.2. The molecule has 1 rings (SSSR count). The van der Waals surface area contributed by atoms with Crippen molar-refractivity contribution in [2.75, 3.05) is 32.4 Å². The number of primary amides is 1. The number of nitrogens with two attached hydrogens (primary N) is 1. The Morgan fingerprint density at radius 1 is 1.36 bits per heavy atom. The second kappa shape index (κ2) is 12.3. The molecule has 4 N–H and O–H groups in total. The van der Waals surface area contributed by atoms with Crippen molar-refractivity contribution < 1.29 is 31.5 Å². The summed E-state index contributed by atoms with van der Waals surface area (Å²) in [7, 11) is -3.56. The Kier molecular flexibility index (Phi) is 10.4. The predicted molar refractivity (Wildman–Crippen MR) is 100 cm³/mol. The number of carbonyl (C=O) groups excluding carboxylic acids is 1. The molecule has 0 heterocycles. The zero-order chi connectivity index (χ0) is 21.0. The van der Waals surface area contributed by atoms with Gasteiger partial charge in [0.25, 0.3) is 5.91 Å². The van der Waals surface area contributed by atoms with E-state index in [9.17, 15) is 22.0 Å². The molecule has 1 atom stereocenters. The number of sulfonamides is 1. The Bertz CT molecular complexity index is 759. The average molecular weight is 421 g/mol. The molecule has 0 saturated heterocycles. The highest BCUT2D eigenvalue weighted by Gasteiger charge is 2.16. The lowest BCUT2D eigenvalue weighted by Gasteiger charge is -2.16. The summed E-state index contributed by atoms with van der Waals surface area (Å²) in [6.07, 6.45) is 0.985. The average Bonchev–Trinajstić information content (AvgIpc) is 2.65. The largest absolute Gasteiger partial charge is 0.491 e. The summed E-state index contributed by atoms with van der Waals surface area (Å²) in [4.78, 5) is 10.4. The fraction of sp³-hybridized carbons (Fsp3) is 0.471. The van der Waals surface area contributed by atoms with Crippen molar-refractivity contribution in [3.05, 3.63) is 41.9 Å². The van der Waals surface area contributed by atoms with Gasteiger partial charge in [0, 0.05) is 18.8 Å². The van der Waals surface area contributed by atoms with Crippen LogP contribution in [-0.2, 0) is 19.6 Å². The Morgan fingerprint density at radius 2 is 2.11 bits per heavy atom. The second-order valence-corrected chi connectivity index (χ2v) is 7.61. The van der Waals surface area contributed by atoms with Crippen molar-refractivity contribution in [2.45, 2.75) is 19.4 Å². The number of ether oxygens (including phenoxy) is 2. The monoisotopic (exact) mass is 421 g/mol. The molecule has 0 unspecified atom stereocenters. The van der Waals surface area contributed by atoms with E-state index in [1.807, 2.05) is 0 Å². The van der Waals surface area contributed by atoms with E-state index in [1.165, 1.54) is 0 Å². The summed E-state index contributed by atoms with van der Waals surface area (Å²) >= 11 is 0. The molecule has 11 heteroatoms. The molecule has 1 amide bonds. The number of benzene rings is 1. The van der Waals surface area contributed by atoms with Gasteiger partial charge in [0.1, 0.15) is 25.8 Å². The summed E-state index contributed by atoms with van der Waals surface area (Å²) in [6, 6.07) is 6.25. The van der Waals surface area contributed by atoms with Gasteiger partial charge in [-0.3, -0.25) is 4.79 Å². The van der Waals surface area contributed by atoms with E-state index in [4.69, 9.17) is 15.2 Å². The molecular formula is C17H25F2N3O5S. The first kappa shape index (κ1) is 23.8. The van der Waals surface area contributed by atoms with Crippen LogP contribution in [0.3, 0.4) is 0 Å². The number of amides is 1. The van der Waals surface area contributed by atoms with Crippen molar-refractivity contribution >= 4 is 15.9 Å². The highest BCUT2D eigenvalue weighted by molar-refractivity contribution is 7.89. The van der Waals surface area contributed by atoms with Crippen LogP contribution in [0.2, 0.25) is 0 Å². The Balaban J connectivity index is 2.37. The molecule has 8 nitrogen and oxygen atoms in total. The van der Waals surface area contributed by atoms with Crippen molar-refractivity contribution in [3.8, 4) is 5.75 Å². The van der Waals surface area contributed by atoms with E-state index >= 15 is 0 Å². The number of hydrogen-bond acceptors (Lipinski definition) is 6. The molecule has 0 saturated carbocycles. The van der Waals surface area contributed by atoms with Gasteiger partial charge in [-0.05, 0) is 31.0 Å². The van der Waals surface area contributed by atoms with Crippen LogP contribution in [0.25, 0.3) is 0 Å². The number of alkyl halides is 1. The third kappa shape index (κ3) is 9.62. The van der Waals surface area contributed by atoms with Crippen molar-refractivity contribution in [1.29, 1.82) is 0 Å². The summed E-state index contributed by atoms with van der Waals surface area (Å²) in [5, 5.41) is 2.38. The first-order valence-electron chi connectivity index (χ1n) is 8.50. The normalized spacial score (nSPS) is 13.2. The maximum absolute atomic E-state index is 12.8. The minimum absolute atomic E-state index is 0.0661. The second-order valence-electron chi connectivity index (χ2n) is 5.74. The SMILES string of the molecule is C[C@@H](NS(=O)(=O)CCCOCN/C=C(/F)C(N)=O)c1cccc(OCCF)c1. The van der Waals surface area contributed by atoms with Gasteiger partial charge in [-0.15, -0.1) is 0 Å². The number of carbonyl (C=O) groups is 1. The summed E-state index contributed by atoms with van der Waals surface area (Å²) in [6.45, 7) is 1.02. The van der Waals surface area contributed by atoms with Crippen LogP contribution in [-0.4, -0.2) is 46.7 Å². The number of halogens is 2. The van der Waals surface area contributed by atoms with E-state index in [2.05, 4.69) is 10.0 Å². The lowest BCUT2D eigenvalue weighted by molar-refractivity contribution is -0.115. The molecule has 0 aromatic heterocycles. The van der Waals surface area contributed by atoms with Crippen LogP contribution >= 0.6 is 0 Å². The molecule has 0 radical (unpaired) electrons. The quantitative estimate of drug-likeness (QED) is 0.236. The molecule has 0 aliphatic rings. The van der Waals surface area contributed by atoms with E-state index in [1.54, 1.807) is 31.2 Å². The Morgan fingerprint density at radius 3 is 2.79 bits per heavy atom. The number of rotatable bonds is 14. The summed E-state index contributed by atoms with van der Waals surface area (Å²) < 4.78 is 62.1. The lowest BCUT2D eigenvalue weighted by Crippen LogP contribution is -2.29. The topological polar surface area (TPSA) is 120 Å². The highest BCUT2D eigenvalue weighted by Crippen LogP contribution is 2.20. The molecule has 0 spiro atoms. The van der Waals surface area contributed by atoms with Crippen molar-refractivity contribution in [1.82, 2.24) is 10.0 Å². The zero-order valence-electron chi connectivity index (χ0n) is 15.5. The van der Waals surface area contributed by atoms with E-state index in [0.29, 0.717) is 11.3 Å². The van der Waals surface area contributed by atoms with Gasteiger partial charge in [-0.1, -0.05) is 12.1 Å². The van der Waals surface area contributed by atoms with E-state index < -0.39 is 34.5 Å². The maximum Gasteiger partial charge on any atom is 0.278 e. The number of hydrogen-bond donors (Lipinski definition) is 3. The van der Waals surface area contributed by atoms with Gasteiger partial charge in [0.15, 0.2) is 0 Å². The van der Waals surface area contributed by atoms with Gasteiger partial charge >= 0.3 is 0 Å². The molecule has 1 aromatic rings. The first-order chi connectivity index (χ1) is 13.2. The fourth-order valence-corrected chi connectivity index (χ4v) is 3.40. The van der Waals surface area contributed by atoms with Crippen LogP contribution in [0.1, 0.15) is 24.9 Å². The molecule has 0 fully saturated rings. The molecular weight excluding hydrogens is 396 g/mol. The van der Waals surface area contributed by atoms with E-state index in [0.717, 1.165) is 6.20 Å². The highest BCUT2D eigenvalue weighted by atomic mass is 32.2. The minimum Gasteiger partial charge on any atom is -0.491 e. The van der Waals surface area contributed by atoms with Gasteiger partial charge < -0.3 is 20.5 Å².